The van der Waals surface area contributed by atoms with E-state index in [0.717, 1.165) is 29.0 Å². The minimum Gasteiger partial charge on any atom is -0.508 e. The van der Waals surface area contributed by atoms with Gasteiger partial charge in [-0.25, -0.2) is 19.3 Å². The second-order valence-corrected chi connectivity index (χ2v) is 8.90. The third-order valence-corrected chi connectivity index (χ3v) is 6.43. The summed E-state index contributed by atoms with van der Waals surface area (Å²) in [6.45, 7) is 1.76. The minimum atomic E-state index is -0.958. The number of nitrogens with zero attached hydrogens (tertiary/aromatic N) is 3. The summed E-state index contributed by atoms with van der Waals surface area (Å²) in [5.41, 5.74) is 8.44. The lowest BCUT2D eigenvalue weighted by Crippen LogP contribution is -2.30. The van der Waals surface area contributed by atoms with Crippen molar-refractivity contribution in [2.45, 2.75) is 13.0 Å². The van der Waals surface area contributed by atoms with Crippen molar-refractivity contribution >= 4 is 34.1 Å². The fourth-order valence-electron chi connectivity index (χ4n) is 3.57. The van der Waals surface area contributed by atoms with E-state index in [1.165, 1.54) is 6.07 Å². The molecular formula is C26H19FN6O2S. The van der Waals surface area contributed by atoms with Crippen LogP contribution in [0.5, 0.6) is 5.75 Å². The number of nitrogens with two attached hydrogens (primary N) is 1. The van der Waals surface area contributed by atoms with Crippen LogP contribution in [0, 0.1) is 24.6 Å². The Kier molecular flexibility index (Phi) is 6.06. The van der Waals surface area contributed by atoms with E-state index >= 15 is 0 Å². The van der Waals surface area contributed by atoms with Crippen LogP contribution in [0.1, 0.15) is 43.4 Å². The highest BCUT2D eigenvalue weighted by atomic mass is 32.1. The molecule has 0 spiro atoms. The zero-order valence-corrected chi connectivity index (χ0v) is 19.7. The van der Waals surface area contributed by atoms with Crippen molar-refractivity contribution in [3.63, 3.8) is 0 Å². The summed E-state index contributed by atoms with van der Waals surface area (Å²) in [4.78, 5) is 29.9. The number of nitrogen functional groups attached to an aromatic ring is 1. The van der Waals surface area contributed by atoms with Crippen LogP contribution in [0.4, 0.5) is 10.2 Å². The number of halogens is 1. The number of hydrogen-bond donors (Lipinski definition) is 4. The molecule has 0 aliphatic carbocycles. The molecule has 0 fully saturated rings. The Labute approximate surface area is 209 Å². The molecule has 8 nitrogen and oxygen atoms in total. The number of aromatic hydroxyl groups is 1. The molecule has 0 radical (unpaired) electrons. The van der Waals surface area contributed by atoms with Crippen molar-refractivity contribution in [1.29, 1.82) is 0 Å². The average Bonchev–Trinajstić information content (AvgIpc) is 3.47. The van der Waals surface area contributed by atoms with Gasteiger partial charge in [-0.15, -0.1) is 0 Å². The Bertz CT molecular complexity index is 1620. The summed E-state index contributed by atoms with van der Waals surface area (Å²) in [5, 5.41) is 13.5. The number of aryl methyl sites for hydroxylation is 1. The van der Waals surface area contributed by atoms with Gasteiger partial charge in [-0.1, -0.05) is 29.4 Å². The standard InChI is InChI=1S/C26H19FN6O2S/c1-14-21(10-6-15-7-11-22(28)29-13-15)36-26(30-14)25(35)33-23(17-12-16(27)8-9-20(17)34)24-31-18-4-2-3-5-19(18)32-24/h2-5,7-9,11-13,23,34H,1H3,(H2,28,29)(H,31,32)(H,33,35)/t23-/m1/s1. The Balaban J connectivity index is 1.47. The normalized spacial score (nSPS) is 11.6. The summed E-state index contributed by atoms with van der Waals surface area (Å²) in [6, 6.07) is 13.3. The summed E-state index contributed by atoms with van der Waals surface area (Å²) >= 11 is 1.13. The summed E-state index contributed by atoms with van der Waals surface area (Å²) < 4.78 is 14.1. The van der Waals surface area contributed by atoms with Crippen molar-refractivity contribution in [3.8, 4) is 17.6 Å². The molecule has 1 atom stereocenters. The van der Waals surface area contributed by atoms with Gasteiger partial charge in [0.2, 0.25) is 0 Å². The first-order valence-corrected chi connectivity index (χ1v) is 11.6. The van der Waals surface area contributed by atoms with Crippen LogP contribution < -0.4 is 11.1 Å². The molecule has 5 N–H and O–H groups in total. The minimum absolute atomic E-state index is 0.159. The molecule has 0 aliphatic heterocycles. The van der Waals surface area contributed by atoms with E-state index < -0.39 is 17.8 Å². The van der Waals surface area contributed by atoms with Crippen LogP contribution in [0.15, 0.2) is 60.8 Å². The summed E-state index contributed by atoms with van der Waals surface area (Å²) in [6.07, 6.45) is 1.57. The largest absolute Gasteiger partial charge is 0.508 e. The summed E-state index contributed by atoms with van der Waals surface area (Å²) in [5.74, 6) is 5.49. The number of amides is 1. The molecule has 5 aromatic rings. The zero-order chi connectivity index (χ0) is 25.2. The number of para-hydroxylation sites is 2. The Morgan fingerprint density at radius 2 is 2.00 bits per heavy atom. The number of pyridine rings is 1. The van der Waals surface area contributed by atoms with E-state index in [0.29, 0.717) is 33.3 Å². The van der Waals surface area contributed by atoms with E-state index in [-0.39, 0.29) is 16.3 Å². The molecule has 0 aliphatic rings. The van der Waals surface area contributed by atoms with Gasteiger partial charge >= 0.3 is 0 Å². The highest BCUT2D eigenvalue weighted by Gasteiger charge is 2.26. The number of carbonyl (C=O) groups is 1. The first kappa shape index (κ1) is 23.0. The van der Waals surface area contributed by atoms with E-state index in [1.54, 1.807) is 25.3 Å². The number of aromatic nitrogens is 4. The number of benzene rings is 2. The van der Waals surface area contributed by atoms with Gasteiger partial charge in [0.1, 0.15) is 34.1 Å². The number of nitrogens with one attached hydrogen (secondary N) is 2. The molecule has 5 rings (SSSR count). The lowest BCUT2D eigenvalue weighted by molar-refractivity contribution is 0.0941. The highest BCUT2D eigenvalue weighted by Crippen LogP contribution is 2.30. The maximum Gasteiger partial charge on any atom is 0.281 e. The maximum atomic E-state index is 14.1. The molecule has 3 heterocycles. The molecule has 10 heteroatoms. The van der Waals surface area contributed by atoms with Gasteiger partial charge in [-0.3, -0.25) is 4.79 Å². The molecule has 0 unspecified atom stereocenters. The zero-order valence-electron chi connectivity index (χ0n) is 18.9. The topological polar surface area (TPSA) is 130 Å². The first-order valence-electron chi connectivity index (χ1n) is 10.8. The maximum absolute atomic E-state index is 14.1. The van der Waals surface area contributed by atoms with Gasteiger partial charge in [0.25, 0.3) is 5.91 Å². The monoisotopic (exact) mass is 498 g/mol. The number of hydrogen-bond acceptors (Lipinski definition) is 7. The van der Waals surface area contributed by atoms with Crippen LogP contribution in [0.2, 0.25) is 0 Å². The number of H-pyrrole nitrogens is 1. The van der Waals surface area contributed by atoms with E-state index in [4.69, 9.17) is 5.73 Å². The van der Waals surface area contributed by atoms with Crippen LogP contribution in [0.25, 0.3) is 11.0 Å². The second-order valence-electron chi connectivity index (χ2n) is 7.90. The van der Waals surface area contributed by atoms with Crippen molar-refractivity contribution in [2.24, 2.45) is 0 Å². The van der Waals surface area contributed by atoms with Crippen molar-refractivity contribution in [3.05, 3.63) is 99.1 Å². The average molecular weight is 499 g/mol. The molecule has 2 aromatic carbocycles. The molecule has 36 heavy (non-hydrogen) atoms. The van der Waals surface area contributed by atoms with Crippen molar-refractivity contribution in [1.82, 2.24) is 25.3 Å². The smallest absolute Gasteiger partial charge is 0.281 e. The Morgan fingerprint density at radius 3 is 2.78 bits per heavy atom. The fourth-order valence-corrected chi connectivity index (χ4v) is 4.39. The van der Waals surface area contributed by atoms with Gasteiger partial charge < -0.3 is 21.1 Å². The third kappa shape index (κ3) is 4.73. The molecule has 1 amide bonds. The number of thiazole rings is 1. The number of rotatable bonds is 4. The van der Waals surface area contributed by atoms with Crippen molar-refractivity contribution < 1.29 is 14.3 Å². The van der Waals surface area contributed by atoms with Gasteiger partial charge in [-0.05, 0) is 55.3 Å². The number of fused-ring (bicyclic) bond motifs is 1. The Morgan fingerprint density at radius 1 is 1.17 bits per heavy atom. The molecule has 0 saturated carbocycles. The molecule has 0 bridgehead atoms. The van der Waals surface area contributed by atoms with Crippen LogP contribution >= 0.6 is 11.3 Å². The lowest BCUT2D eigenvalue weighted by Gasteiger charge is -2.18. The van der Waals surface area contributed by atoms with Gasteiger partial charge in [-0.2, -0.15) is 0 Å². The summed E-state index contributed by atoms with van der Waals surface area (Å²) in [7, 11) is 0. The second kappa shape index (κ2) is 9.48. The predicted molar refractivity (Wildman–Crippen MR) is 135 cm³/mol. The fraction of sp³-hybridized carbons (Fsp3) is 0.0769. The molecular weight excluding hydrogens is 479 g/mol. The predicted octanol–water partition coefficient (Wildman–Crippen LogP) is 4.07. The first-order chi connectivity index (χ1) is 17.4. The van der Waals surface area contributed by atoms with Gasteiger partial charge in [0.05, 0.1) is 16.7 Å². The molecule has 0 saturated heterocycles. The van der Waals surface area contributed by atoms with Crippen LogP contribution in [-0.4, -0.2) is 30.9 Å². The van der Waals surface area contributed by atoms with Crippen LogP contribution in [-0.2, 0) is 0 Å². The van der Waals surface area contributed by atoms with E-state index in [9.17, 15) is 14.3 Å². The molecule has 178 valence electrons. The third-order valence-electron chi connectivity index (χ3n) is 5.35. The van der Waals surface area contributed by atoms with E-state index in [1.807, 2.05) is 24.3 Å². The SMILES string of the molecule is Cc1nc(C(=O)N[C@@H](c2nc3ccccc3[nH]2)c2cc(F)ccc2O)sc1C#Cc1ccc(N)nc1. The number of carbonyl (C=O) groups excluding carboxylic acids is 1. The van der Waals surface area contributed by atoms with Gasteiger partial charge in [0, 0.05) is 17.3 Å². The number of phenols is 1. The number of imidazole rings is 1. The van der Waals surface area contributed by atoms with Crippen molar-refractivity contribution in [2.75, 3.05) is 5.73 Å². The molecule has 3 aromatic heterocycles. The number of phenolic OH excluding ortho intramolecular Hbond substituents is 1. The lowest BCUT2D eigenvalue weighted by atomic mass is 10.0. The number of aromatic amines is 1. The van der Waals surface area contributed by atoms with E-state index in [2.05, 4.69) is 37.1 Å². The van der Waals surface area contributed by atoms with Crippen LogP contribution in [0.3, 0.4) is 0 Å². The quantitative estimate of drug-likeness (QED) is 0.277. The van der Waals surface area contributed by atoms with Gasteiger partial charge in [0.15, 0.2) is 5.01 Å². The Hall–Kier alpha value is -4.75. The highest BCUT2D eigenvalue weighted by molar-refractivity contribution is 7.14. The number of anilines is 1.